The number of carbonyl (C=O) groups excluding carboxylic acids is 3. The molecule has 3 saturated heterocycles. The number of nitrogens with zero attached hydrogens (tertiary/aromatic N) is 3. The molecular formula is C21H36N4O3. The summed E-state index contributed by atoms with van der Waals surface area (Å²) in [5, 5.41) is 3.02. The zero-order valence-electron chi connectivity index (χ0n) is 18.1. The Balaban J connectivity index is 1.67. The van der Waals surface area contributed by atoms with Crippen molar-refractivity contribution in [3.8, 4) is 0 Å². The molecule has 0 bridgehead atoms. The van der Waals surface area contributed by atoms with Gasteiger partial charge in [0.05, 0.1) is 6.04 Å². The minimum atomic E-state index is -0.750. The van der Waals surface area contributed by atoms with E-state index >= 15 is 0 Å². The predicted octanol–water partition coefficient (Wildman–Crippen LogP) is 2.21. The lowest BCUT2D eigenvalue weighted by Crippen LogP contribution is -2.57. The standard InChI is InChI=1S/C21H36N4O3/c1-15(2)23-11-8-21(9-12-23)18(27)25(19(28)22-21)16-7-6-10-24(14-16)17(26)13-20(3,4)5/h15-16H,6-14H2,1-5H3,(H,22,28)/t16-/m0/s1. The number of piperidine rings is 2. The highest BCUT2D eigenvalue weighted by molar-refractivity contribution is 6.07. The van der Waals surface area contributed by atoms with Crippen molar-refractivity contribution >= 4 is 17.8 Å². The Hall–Kier alpha value is -1.63. The van der Waals surface area contributed by atoms with Crippen LogP contribution in [0.1, 0.15) is 66.7 Å². The summed E-state index contributed by atoms with van der Waals surface area (Å²) in [7, 11) is 0. The molecule has 0 aliphatic carbocycles. The lowest BCUT2D eigenvalue weighted by molar-refractivity contribution is -0.140. The van der Waals surface area contributed by atoms with Gasteiger partial charge in [-0.2, -0.15) is 0 Å². The van der Waals surface area contributed by atoms with Gasteiger partial charge in [0.25, 0.3) is 5.91 Å². The highest BCUT2D eigenvalue weighted by atomic mass is 16.2. The first-order valence-electron chi connectivity index (χ1n) is 10.7. The molecule has 1 atom stereocenters. The number of nitrogens with one attached hydrogen (secondary N) is 1. The minimum absolute atomic E-state index is 0.0701. The van der Waals surface area contributed by atoms with Gasteiger partial charge in [-0.15, -0.1) is 0 Å². The Morgan fingerprint density at radius 2 is 1.82 bits per heavy atom. The average Bonchev–Trinajstić information content (AvgIpc) is 2.84. The third-order valence-corrected chi connectivity index (χ3v) is 6.37. The van der Waals surface area contributed by atoms with Crippen molar-refractivity contribution in [2.45, 2.75) is 84.3 Å². The van der Waals surface area contributed by atoms with Crippen LogP contribution in [0.2, 0.25) is 0 Å². The largest absolute Gasteiger partial charge is 0.341 e. The van der Waals surface area contributed by atoms with E-state index in [1.54, 1.807) is 0 Å². The Kier molecular flexibility index (Phi) is 5.76. The summed E-state index contributed by atoms with van der Waals surface area (Å²) in [6.45, 7) is 13.3. The SMILES string of the molecule is CC(C)N1CCC2(CC1)NC(=O)N([C@H]1CCCN(C(=O)CC(C)(C)C)C1)C2=O. The number of imide groups is 1. The molecular weight excluding hydrogens is 356 g/mol. The van der Waals surface area contributed by atoms with E-state index in [1.165, 1.54) is 4.90 Å². The monoisotopic (exact) mass is 392 g/mol. The van der Waals surface area contributed by atoms with Gasteiger partial charge >= 0.3 is 6.03 Å². The average molecular weight is 393 g/mol. The van der Waals surface area contributed by atoms with Gasteiger partial charge < -0.3 is 15.1 Å². The highest BCUT2D eigenvalue weighted by Crippen LogP contribution is 2.33. The Labute approximate surface area is 168 Å². The van der Waals surface area contributed by atoms with Crippen LogP contribution in [0, 0.1) is 5.41 Å². The first kappa shape index (κ1) is 21.1. The molecule has 1 N–H and O–H groups in total. The molecule has 1 spiro atoms. The van der Waals surface area contributed by atoms with Crippen molar-refractivity contribution in [1.29, 1.82) is 0 Å². The normalized spacial score (nSPS) is 26.3. The quantitative estimate of drug-likeness (QED) is 0.748. The zero-order chi connectivity index (χ0) is 20.7. The maximum absolute atomic E-state index is 13.3. The lowest BCUT2D eigenvalue weighted by Gasteiger charge is -2.40. The van der Waals surface area contributed by atoms with E-state index in [-0.39, 0.29) is 29.3 Å². The van der Waals surface area contributed by atoms with Gasteiger partial charge in [-0.1, -0.05) is 20.8 Å². The van der Waals surface area contributed by atoms with Crippen LogP contribution in [0.3, 0.4) is 0 Å². The fourth-order valence-corrected chi connectivity index (χ4v) is 4.69. The molecule has 0 aromatic carbocycles. The second-order valence-electron chi connectivity index (χ2n) is 10.2. The van der Waals surface area contributed by atoms with E-state index < -0.39 is 5.54 Å². The van der Waals surface area contributed by atoms with Crippen LogP contribution >= 0.6 is 0 Å². The first-order chi connectivity index (χ1) is 13.0. The van der Waals surface area contributed by atoms with E-state index in [9.17, 15) is 14.4 Å². The van der Waals surface area contributed by atoms with Crippen LogP contribution < -0.4 is 5.32 Å². The summed E-state index contributed by atoms with van der Waals surface area (Å²) in [5.74, 6) is 0.0280. The molecule has 28 heavy (non-hydrogen) atoms. The number of amides is 4. The smallest absolute Gasteiger partial charge is 0.325 e. The number of urea groups is 1. The topological polar surface area (TPSA) is 73.0 Å². The van der Waals surface area contributed by atoms with Crippen molar-refractivity contribution in [3.63, 3.8) is 0 Å². The van der Waals surface area contributed by atoms with Crippen LogP contribution in [0.4, 0.5) is 4.79 Å². The van der Waals surface area contributed by atoms with Crippen LogP contribution in [-0.2, 0) is 9.59 Å². The van der Waals surface area contributed by atoms with E-state index in [4.69, 9.17) is 0 Å². The molecule has 0 saturated carbocycles. The fraction of sp³-hybridized carbons (Fsp3) is 0.857. The molecule has 4 amide bonds. The van der Waals surface area contributed by atoms with Crippen LogP contribution in [0.25, 0.3) is 0 Å². The van der Waals surface area contributed by atoms with Gasteiger partial charge in [-0.25, -0.2) is 4.79 Å². The van der Waals surface area contributed by atoms with E-state index in [0.29, 0.717) is 38.4 Å². The summed E-state index contributed by atoms with van der Waals surface area (Å²) in [6.07, 6.45) is 3.39. The molecule has 7 heteroatoms. The van der Waals surface area contributed by atoms with Crippen molar-refractivity contribution in [2.24, 2.45) is 5.41 Å². The van der Waals surface area contributed by atoms with Crippen LogP contribution in [0.5, 0.6) is 0 Å². The van der Waals surface area contributed by atoms with E-state index in [2.05, 4.69) is 44.8 Å². The summed E-state index contributed by atoms with van der Waals surface area (Å²) in [6, 6.07) is -0.0489. The minimum Gasteiger partial charge on any atom is -0.341 e. The van der Waals surface area contributed by atoms with Gasteiger partial charge in [0.15, 0.2) is 0 Å². The lowest BCUT2D eigenvalue weighted by atomic mass is 9.86. The Morgan fingerprint density at radius 1 is 1.18 bits per heavy atom. The maximum atomic E-state index is 13.3. The number of carbonyl (C=O) groups is 3. The predicted molar refractivity (Wildman–Crippen MR) is 108 cm³/mol. The van der Waals surface area contributed by atoms with Crippen molar-refractivity contribution in [2.75, 3.05) is 26.2 Å². The van der Waals surface area contributed by atoms with Crippen molar-refractivity contribution < 1.29 is 14.4 Å². The van der Waals surface area contributed by atoms with Gasteiger partial charge in [-0.3, -0.25) is 14.5 Å². The highest BCUT2D eigenvalue weighted by Gasteiger charge is 2.54. The molecule has 3 aliphatic heterocycles. The Bertz CT molecular complexity index is 632. The molecule has 0 radical (unpaired) electrons. The number of rotatable bonds is 3. The summed E-state index contributed by atoms with van der Waals surface area (Å²) >= 11 is 0. The first-order valence-corrected chi connectivity index (χ1v) is 10.7. The number of hydrogen-bond acceptors (Lipinski definition) is 4. The molecule has 3 heterocycles. The maximum Gasteiger partial charge on any atom is 0.325 e. The summed E-state index contributed by atoms with van der Waals surface area (Å²) in [5.41, 5.74) is -0.820. The molecule has 3 rings (SSSR count). The van der Waals surface area contributed by atoms with Crippen molar-refractivity contribution in [3.05, 3.63) is 0 Å². The van der Waals surface area contributed by atoms with Gasteiger partial charge in [0, 0.05) is 38.6 Å². The summed E-state index contributed by atoms with van der Waals surface area (Å²) < 4.78 is 0. The van der Waals surface area contributed by atoms with Gasteiger partial charge in [0.2, 0.25) is 5.91 Å². The molecule has 3 fully saturated rings. The van der Waals surface area contributed by atoms with Gasteiger partial charge in [0.1, 0.15) is 5.54 Å². The third-order valence-electron chi connectivity index (χ3n) is 6.37. The van der Waals surface area contributed by atoms with E-state index in [1.807, 2.05) is 4.90 Å². The Morgan fingerprint density at radius 3 is 2.39 bits per heavy atom. The number of likely N-dealkylation sites (tertiary alicyclic amines) is 2. The zero-order valence-corrected chi connectivity index (χ0v) is 18.1. The number of hydrogen-bond donors (Lipinski definition) is 1. The molecule has 0 aromatic heterocycles. The molecule has 3 aliphatic rings. The van der Waals surface area contributed by atoms with Crippen LogP contribution in [-0.4, -0.2) is 76.3 Å². The van der Waals surface area contributed by atoms with Gasteiger partial charge in [-0.05, 0) is 44.9 Å². The molecule has 0 aromatic rings. The summed E-state index contributed by atoms with van der Waals surface area (Å²) in [4.78, 5) is 44.3. The molecule has 7 nitrogen and oxygen atoms in total. The van der Waals surface area contributed by atoms with Crippen molar-refractivity contribution in [1.82, 2.24) is 20.0 Å². The third kappa shape index (κ3) is 4.19. The van der Waals surface area contributed by atoms with Crippen LogP contribution in [0.15, 0.2) is 0 Å². The fourth-order valence-electron chi connectivity index (χ4n) is 4.69. The van der Waals surface area contributed by atoms with E-state index in [0.717, 1.165) is 25.9 Å². The molecule has 158 valence electrons. The second-order valence-corrected chi connectivity index (χ2v) is 10.2. The second kappa shape index (κ2) is 7.65. The molecule has 0 unspecified atom stereocenters.